The van der Waals surface area contributed by atoms with Gasteiger partial charge >= 0.3 is 0 Å². The summed E-state index contributed by atoms with van der Waals surface area (Å²) in [4.78, 5) is 11.9. The Labute approximate surface area is 127 Å². The minimum Gasteiger partial charge on any atom is -0.396 e. The Morgan fingerprint density at radius 2 is 1.95 bits per heavy atom. The lowest BCUT2D eigenvalue weighted by Crippen LogP contribution is -2.37. The summed E-state index contributed by atoms with van der Waals surface area (Å²) in [5.74, 6) is -0.0886. The molecule has 1 saturated carbocycles. The van der Waals surface area contributed by atoms with E-state index in [0.717, 1.165) is 37.7 Å². The number of aliphatic hydroxyl groups is 1. The Morgan fingerprint density at radius 3 is 2.52 bits per heavy atom. The third kappa shape index (κ3) is 4.43. The van der Waals surface area contributed by atoms with Crippen molar-refractivity contribution in [2.75, 3.05) is 13.2 Å². The Hall–Kier alpha value is -1.61. The minimum absolute atomic E-state index is 0.0886. The van der Waals surface area contributed by atoms with E-state index in [2.05, 4.69) is 24.4 Å². The third-order valence-electron chi connectivity index (χ3n) is 4.45. The molecule has 1 fully saturated rings. The Morgan fingerprint density at radius 1 is 1.29 bits per heavy atom. The molecule has 2 N–H and O–H groups in total. The number of carbonyl (C=O) groups excluding carboxylic acids is 1. The van der Waals surface area contributed by atoms with Gasteiger partial charge in [0.2, 0.25) is 5.91 Å². The van der Waals surface area contributed by atoms with Crippen molar-refractivity contribution in [1.82, 2.24) is 5.32 Å². The molecule has 0 saturated heterocycles. The fraction of sp³-hybridized carbons (Fsp3) is 0.500. The van der Waals surface area contributed by atoms with Crippen LogP contribution in [0.15, 0.2) is 30.3 Å². The van der Waals surface area contributed by atoms with Gasteiger partial charge in [0.25, 0.3) is 0 Å². The topological polar surface area (TPSA) is 49.3 Å². The predicted molar refractivity (Wildman–Crippen MR) is 85.9 cm³/mol. The smallest absolute Gasteiger partial charge is 0.244 e. The zero-order valence-electron chi connectivity index (χ0n) is 12.8. The van der Waals surface area contributed by atoms with Gasteiger partial charge in [-0.1, -0.05) is 44.0 Å². The second-order valence-electron chi connectivity index (χ2n) is 6.01. The van der Waals surface area contributed by atoms with Crippen molar-refractivity contribution >= 4 is 12.0 Å². The van der Waals surface area contributed by atoms with E-state index in [1.807, 2.05) is 18.2 Å². The Kier molecular flexibility index (Phi) is 5.57. The molecule has 114 valence electrons. The number of rotatable bonds is 6. The molecule has 1 amide bonds. The SMILES string of the molecule is CCc1ccc(/C=C/C(=O)NCC2(CO)CCCC2)cc1. The molecule has 0 spiro atoms. The van der Waals surface area contributed by atoms with Gasteiger partial charge in [0.15, 0.2) is 0 Å². The molecule has 3 nitrogen and oxygen atoms in total. The van der Waals surface area contributed by atoms with E-state index in [0.29, 0.717) is 6.54 Å². The molecule has 0 heterocycles. The van der Waals surface area contributed by atoms with Crippen LogP contribution in [0.3, 0.4) is 0 Å². The van der Waals surface area contributed by atoms with Gasteiger partial charge in [0.1, 0.15) is 0 Å². The number of aryl methyl sites for hydroxylation is 1. The van der Waals surface area contributed by atoms with Gasteiger partial charge in [-0.05, 0) is 36.5 Å². The van der Waals surface area contributed by atoms with Crippen molar-refractivity contribution in [2.45, 2.75) is 39.0 Å². The van der Waals surface area contributed by atoms with Crippen molar-refractivity contribution in [2.24, 2.45) is 5.41 Å². The van der Waals surface area contributed by atoms with Crippen molar-refractivity contribution in [3.8, 4) is 0 Å². The summed E-state index contributed by atoms with van der Waals surface area (Å²) in [5.41, 5.74) is 2.23. The van der Waals surface area contributed by atoms with Crippen LogP contribution in [0.2, 0.25) is 0 Å². The third-order valence-corrected chi connectivity index (χ3v) is 4.45. The van der Waals surface area contributed by atoms with E-state index in [1.165, 1.54) is 5.56 Å². The number of carbonyl (C=O) groups is 1. The first kappa shape index (κ1) is 15.8. The van der Waals surface area contributed by atoms with Crippen LogP contribution in [-0.2, 0) is 11.2 Å². The summed E-state index contributed by atoms with van der Waals surface area (Å²) in [6, 6.07) is 8.21. The number of hydrogen-bond acceptors (Lipinski definition) is 2. The van der Waals surface area contributed by atoms with Crippen LogP contribution in [0.1, 0.15) is 43.7 Å². The van der Waals surface area contributed by atoms with E-state index in [1.54, 1.807) is 6.08 Å². The largest absolute Gasteiger partial charge is 0.396 e. The molecule has 0 radical (unpaired) electrons. The lowest BCUT2D eigenvalue weighted by Gasteiger charge is -2.26. The van der Waals surface area contributed by atoms with Gasteiger partial charge in [-0.3, -0.25) is 4.79 Å². The first-order valence-corrected chi connectivity index (χ1v) is 7.83. The monoisotopic (exact) mass is 287 g/mol. The molecule has 1 aliphatic carbocycles. The van der Waals surface area contributed by atoms with Crippen LogP contribution < -0.4 is 5.32 Å². The standard InChI is InChI=1S/C18H25NO2/c1-2-15-5-7-16(8-6-15)9-10-17(21)19-13-18(14-20)11-3-4-12-18/h5-10,20H,2-4,11-14H2,1H3,(H,19,21)/b10-9+. The van der Waals surface area contributed by atoms with Gasteiger partial charge < -0.3 is 10.4 Å². The quantitative estimate of drug-likeness (QED) is 0.790. The number of hydrogen-bond donors (Lipinski definition) is 2. The number of aliphatic hydroxyl groups excluding tert-OH is 1. The summed E-state index contributed by atoms with van der Waals surface area (Å²) < 4.78 is 0. The summed E-state index contributed by atoms with van der Waals surface area (Å²) in [6.07, 6.45) is 8.73. The summed E-state index contributed by atoms with van der Waals surface area (Å²) in [7, 11) is 0. The van der Waals surface area contributed by atoms with Gasteiger partial charge in [-0.25, -0.2) is 0 Å². The highest BCUT2D eigenvalue weighted by molar-refractivity contribution is 5.91. The molecule has 1 aliphatic rings. The molecule has 0 atom stereocenters. The van der Waals surface area contributed by atoms with E-state index in [-0.39, 0.29) is 17.9 Å². The number of nitrogens with one attached hydrogen (secondary N) is 1. The van der Waals surface area contributed by atoms with Gasteiger partial charge in [0.05, 0.1) is 6.61 Å². The van der Waals surface area contributed by atoms with Crippen LogP contribution in [0.25, 0.3) is 6.08 Å². The first-order valence-electron chi connectivity index (χ1n) is 7.83. The maximum Gasteiger partial charge on any atom is 0.244 e. The van der Waals surface area contributed by atoms with Gasteiger partial charge in [-0.2, -0.15) is 0 Å². The molecule has 0 unspecified atom stereocenters. The maximum atomic E-state index is 11.9. The second kappa shape index (κ2) is 7.41. The minimum atomic E-state index is -0.0910. The Balaban J connectivity index is 1.84. The van der Waals surface area contributed by atoms with Crippen molar-refractivity contribution in [3.63, 3.8) is 0 Å². The van der Waals surface area contributed by atoms with Crippen LogP contribution in [0.5, 0.6) is 0 Å². The lowest BCUT2D eigenvalue weighted by atomic mass is 9.87. The van der Waals surface area contributed by atoms with E-state index >= 15 is 0 Å². The highest BCUT2D eigenvalue weighted by Gasteiger charge is 2.33. The van der Waals surface area contributed by atoms with Crippen LogP contribution >= 0.6 is 0 Å². The van der Waals surface area contributed by atoms with Crippen LogP contribution in [0, 0.1) is 5.41 Å². The summed E-state index contributed by atoms with van der Waals surface area (Å²) in [5, 5.41) is 12.4. The fourth-order valence-electron chi connectivity index (χ4n) is 2.89. The highest BCUT2D eigenvalue weighted by Crippen LogP contribution is 2.36. The number of benzene rings is 1. The number of amides is 1. The van der Waals surface area contributed by atoms with Crippen molar-refractivity contribution < 1.29 is 9.90 Å². The maximum absolute atomic E-state index is 11.9. The van der Waals surface area contributed by atoms with E-state index < -0.39 is 0 Å². The first-order chi connectivity index (χ1) is 10.2. The molecular weight excluding hydrogens is 262 g/mol. The molecule has 2 rings (SSSR count). The van der Waals surface area contributed by atoms with Crippen molar-refractivity contribution in [1.29, 1.82) is 0 Å². The summed E-state index contributed by atoms with van der Waals surface area (Å²) >= 11 is 0. The molecule has 1 aromatic rings. The molecule has 1 aromatic carbocycles. The zero-order chi connectivity index (χ0) is 15.1. The summed E-state index contributed by atoms with van der Waals surface area (Å²) in [6.45, 7) is 2.86. The highest BCUT2D eigenvalue weighted by atomic mass is 16.3. The van der Waals surface area contributed by atoms with Crippen molar-refractivity contribution in [3.05, 3.63) is 41.5 Å². The molecule has 3 heteroatoms. The lowest BCUT2D eigenvalue weighted by molar-refractivity contribution is -0.117. The predicted octanol–water partition coefficient (Wildman–Crippen LogP) is 2.93. The van der Waals surface area contributed by atoms with Gasteiger partial charge in [0, 0.05) is 18.0 Å². The zero-order valence-corrected chi connectivity index (χ0v) is 12.8. The fourth-order valence-corrected chi connectivity index (χ4v) is 2.89. The molecule has 21 heavy (non-hydrogen) atoms. The second-order valence-corrected chi connectivity index (χ2v) is 6.01. The Bertz CT molecular complexity index is 484. The molecule has 0 aromatic heterocycles. The van der Waals surface area contributed by atoms with E-state index in [4.69, 9.17) is 0 Å². The van der Waals surface area contributed by atoms with Crippen LogP contribution in [0.4, 0.5) is 0 Å². The van der Waals surface area contributed by atoms with Gasteiger partial charge in [-0.15, -0.1) is 0 Å². The molecule has 0 bridgehead atoms. The van der Waals surface area contributed by atoms with Crippen LogP contribution in [-0.4, -0.2) is 24.2 Å². The average Bonchev–Trinajstić information content (AvgIpc) is 3.01. The van der Waals surface area contributed by atoms with E-state index in [9.17, 15) is 9.90 Å². The molecule has 0 aliphatic heterocycles. The normalized spacial score (nSPS) is 17.2. The average molecular weight is 287 g/mol. The molecular formula is C18H25NO2.